The summed E-state index contributed by atoms with van der Waals surface area (Å²) in [5.74, 6) is 2.45. The van der Waals surface area contributed by atoms with E-state index in [2.05, 4.69) is 19.2 Å². The van der Waals surface area contributed by atoms with E-state index in [1.54, 1.807) is 12.9 Å². The maximum absolute atomic E-state index is 13.4. The van der Waals surface area contributed by atoms with Gasteiger partial charge in [-0.2, -0.15) is 0 Å². The second kappa shape index (κ2) is 11.3. The molecule has 0 fully saturated rings. The third-order valence-electron chi connectivity index (χ3n) is 4.28. The number of hydrogen-bond acceptors (Lipinski definition) is 5. The van der Waals surface area contributed by atoms with E-state index in [0.717, 1.165) is 22.4 Å². The highest BCUT2D eigenvalue weighted by atomic mass is 31.2. The van der Waals surface area contributed by atoms with Crippen LogP contribution in [0.3, 0.4) is 0 Å². The molecule has 0 heterocycles. The molecule has 2 aromatic carbocycles. The summed E-state index contributed by atoms with van der Waals surface area (Å²) in [4.78, 5) is 0. The first kappa shape index (κ1) is 23.4. The van der Waals surface area contributed by atoms with Gasteiger partial charge in [0.25, 0.3) is 0 Å². The van der Waals surface area contributed by atoms with Crippen LogP contribution in [0.1, 0.15) is 44.9 Å². The molecule has 0 spiro atoms. The van der Waals surface area contributed by atoms with Gasteiger partial charge < -0.3 is 19.1 Å². The highest BCUT2D eigenvalue weighted by Crippen LogP contribution is 2.53. The van der Waals surface area contributed by atoms with E-state index >= 15 is 0 Å². The molecule has 6 heteroatoms. The van der Waals surface area contributed by atoms with Crippen molar-refractivity contribution in [2.45, 2.75) is 39.8 Å². The normalized spacial score (nSPS) is 13.5. The van der Waals surface area contributed by atoms with Crippen LogP contribution >= 0.6 is 7.60 Å². The first-order valence-electron chi connectivity index (χ1n) is 9.99. The van der Waals surface area contributed by atoms with Crippen molar-refractivity contribution in [3.8, 4) is 5.75 Å². The molecule has 2 aromatic rings. The van der Waals surface area contributed by atoms with Crippen molar-refractivity contribution in [3.63, 3.8) is 0 Å². The monoisotopic (exact) mass is 417 g/mol. The highest BCUT2D eigenvalue weighted by molar-refractivity contribution is 7.57. The van der Waals surface area contributed by atoms with Crippen LogP contribution in [0.5, 0.6) is 5.75 Å². The molecule has 0 aliphatic carbocycles. The lowest BCUT2D eigenvalue weighted by atomic mass is 9.93. The van der Waals surface area contributed by atoms with E-state index < -0.39 is 7.60 Å². The van der Waals surface area contributed by atoms with Crippen LogP contribution < -0.4 is 10.1 Å². The average Bonchev–Trinajstić information content (AvgIpc) is 2.71. The summed E-state index contributed by atoms with van der Waals surface area (Å²) in [6, 6.07) is 17.8. The van der Waals surface area contributed by atoms with Gasteiger partial charge in [0.15, 0.2) is 0 Å². The van der Waals surface area contributed by atoms with Crippen LogP contribution in [0, 0.1) is 0 Å². The zero-order valence-corrected chi connectivity index (χ0v) is 18.8. The minimum atomic E-state index is -3.40. The Balaban J connectivity index is 2.63. The molecule has 0 aromatic heterocycles. The van der Waals surface area contributed by atoms with E-state index in [4.69, 9.17) is 13.8 Å². The van der Waals surface area contributed by atoms with E-state index in [-0.39, 0.29) is 12.1 Å². The average molecular weight is 417 g/mol. The van der Waals surface area contributed by atoms with Gasteiger partial charge in [-0.15, -0.1) is 0 Å². The lowest BCUT2D eigenvalue weighted by Gasteiger charge is -2.27. The Morgan fingerprint density at radius 2 is 1.59 bits per heavy atom. The summed E-state index contributed by atoms with van der Waals surface area (Å²) in [7, 11) is -1.75. The van der Waals surface area contributed by atoms with E-state index in [1.165, 1.54) is 0 Å². The molecule has 0 aliphatic rings. The SMILES string of the molecule is CCOP(=O)(/C=C(\c1ccccc1)C(NC(C)C)c1ccc(OC)cc1)OCC. The van der Waals surface area contributed by atoms with Crippen LogP contribution in [0.4, 0.5) is 0 Å². The number of rotatable bonds is 11. The Hall–Kier alpha value is -1.91. The van der Waals surface area contributed by atoms with Crippen molar-refractivity contribution in [1.29, 1.82) is 0 Å². The Morgan fingerprint density at radius 3 is 2.07 bits per heavy atom. The summed E-state index contributed by atoms with van der Waals surface area (Å²) in [5.41, 5.74) is 2.85. The fourth-order valence-corrected chi connectivity index (χ4v) is 4.67. The summed E-state index contributed by atoms with van der Waals surface area (Å²) in [6.07, 6.45) is 0. The van der Waals surface area contributed by atoms with E-state index in [0.29, 0.717) is 13.2 Å². The smallest absolute Gasteiger partial charge is 0.354 e. The van der Waals surface area contributed by atoms with Gasteiger partial charge in [0.05, 0.1) is 26.4 Å². The fourth-order valence-electron chi connectivity index (χ4n) is 3.08. The molecule has 2 rings (SSSR count). The molecule has 1 atom stereocenters. The van der Waals surface area contributed by atoms with Crippen LogP contribution in [-0.4, -0.2) is 26.4 Å². The zero-order chi connectivity index (χ0) is 21.3. The van der Waals surface area contributed by atoms with Crippen molar-refractivity contribution in [2.75, 3.05) is 20.3 Å². The van der Waals surface area contributed by atoms with Crippen molar-refractivity contribution < 1.29 is 18.3 Å². The third-order valence-corrected chi connectivity index (χ3v) is 6.11. The molecular weight excluding hydrogens is 385 g/mol. The minimum absolute atomic E-state index is 0.197. The maximum Gasteiger partial charge on any atom is 0.354 e. The molecule has 0 radical (unpaired) electrons. The molecule has 1 unspecified atom stereocenters. The Bertz CT molecular complexity index is 809. The van der Waals surface area contributed by atoms with Gasteiger partial charge in [0.2, 0.25) is 0 Å². The van der Waals surface area contributed by atoms with Crippen LogP contribution in [0.15, 0.2) is 60.4 Å². The molecule has 5 nitrogen and oxygen atoms in total. The number of ether oxygens (including phenoxy) is 1. The zero-order valence-electron chi connectivity index (χ0n) is 17.9. The molecule has 158 valence electrons. The van der Waals surface area contributed by atoms with E-state index in [1.807, 2.05) is 68.4 Å². The second-order valence-electron chi connectivity index (χ2n) is 6.85. The molecule has 0 bridgehead atoms. The molecule has 0 saturated carbocycles. The summed E-state index contributed by atoms with van der Waals surface area (Å²) >= 11 is 0. The summed E-state index contributed by atoms with van der Waals surface area (Å²) < 4.78 is 29.8. The summed E-state index contributed by atoms with van der Waals surface area (Å²) in [5, 5.41) is 3.60. The van der Waals surface area contributed by atoms with Crippen LogP contribution in [0.25, 0.3) is 5.57 Å². The number of methoxy groups -OCH3 is 1. The van der Waals surface area contributed by atoms with Crippen molar-refractivity contribution in [1.82, 2.24) is 5.32 Å². The topological polar surface area (TPSA) is 56.8 Å². The molecule has 1 N–H and O–H groups in total. The first-order chi connectivity index (χ1) is 13.9. The van der Waals surface area contributed by atoms with Gasteiger partial charge in [-0.3, -0.25) is 4.57 Å². The molecule has 0 aliphatic heterocycles. The maximum atomic E-state index is 13.4. The predicted octanol–water partition coefficient (Wildman–Crippen LogP) is 6.04. The van der Waals surface area contributed by atoms with Crippen LogP contribution in [-0.2, 0) is 13.6 Å². The standard InChI is InChI=1S/C23H32NO4P/c1-6-27-29(25,28-7-2)17-22(19-11-9-8-10-12-19)23(24-18(3)4)20-13-15-21(26-5)16-14-20/h8-18,23-24H,6-7H2,1-5H3/b22-17+. The quantitative estimate of drug-likeness (QED) is 0.452. The van der Waals surface area contributed by atoms with Gasteiger partial charge in [-0.1, -0.05) is 42.5 Å². The lowest BCUT2D eigenvalue weighted by molar-refractivity contribution is 0.229. The number of nitrogens with one attached hydrogen (secondary N) is 1. The molecular formula is C23H32NO4P. The number of hydrogen-bond donors (Lipinski definition) is 1. The molecule has 0 amide bonds. The Morgan fingerprint density at radius 1 is 1.00 bits per heavy atom. The number of benzene rings is 2. The Labute approximate surface area is 174 Å². The summed E-state index contributed by atoms with van der Waals surface area (Å²) in [6.45, 7) is 8.42. The van der Waals surface area contributed by atoms with Crippen molar-refractivity contribution in [3.05, 3.63) is 71.5 Å². The minimum Gasteiger partial charge on any atom is -0.497 e. The van der Waals surface area contributed by atoms with Gasteiger partial charge in [0, 0.05) is 11.9 Å². The lowest BCUT2D eigenvalue weighted by Crippen LogP contribution is -2.29. The van der Waals surface area contributed by atoms with Gasteiger partial charge in [-0.25, -0.2) is 0 Å². The van der Waals surface area contributed by atoms with Crippen LogP contribution in [0.2, 0.25) is 0 Å². The van der Waals surface area contributed by atoms with Gasteiger partial charge in [-0.05, 0) is 56.5 Å². The Kier molecular flexibility index (Phi) is 9.12. The van der Waals surface area contributed by atoms with Gasteiger partial charge >= 0.3 is 7.60 Å². The first-order valence-corrected chi connectivity index (χ1v) is 11.6. The largest absolute Gasteiger partial charge is 0.497 e. The van der Waals surface area contributed by atoms with Crippen molar-refractivity contribution in [2.24, 2.45) is 0 Å². The molecule has 0 saturated heterocycles. The second-order valence-corrected chi connectivity index (χ2v) is 8.71. The van der Waals surface area contributed by atoms with E-state index in [9.17, 15) is 4.57 Å². The molecule has 29 heavy (non-hydrogen) atoms. The third kappa shape index (κ3) is 6.83. The van der Waals surface area contributed by atoms with Gasteiger partial charge in [0.1, 0.15) is 5.75 Å². The predicted molar refractivity (Wildman–Crippen MR) is 119 cm³/mol. The van der Waals surface area contributed by atoms with Crippen molar-refractivity contribution >= 4 is 13.2 Å². The highest BCUT2D eigenvalue weighted by Gasteiger charge is 2.27. The fraction of sp³-hybridized carbons (Fsp3) is 0.391.